The maximum Gasteiger partial charge on any atom is 0.307 e. The number of hydrogen-bond donors (Lipinski definition) is 1. The Balaban J connectivity index is 1.40. The van der Waals surface area contributed by atoms with Crippen molar-refractivity contribution in [1.29, 1.82) is 0 Å². The standard InChI is InChI=1S/C28H26ClN3O2S/c1-18-24(20-7-3-2-4-8-20)10-5-11-25(18)27-31-30-26(35-27)22-13-19(14-23(29)15-22)16-32-12-6-9-21(17-32)28(33)34/h2-5,7-8,10-11,13-15,21H,6,9,12,16-17H2,1H3,(H,33,34)/t21-/m1/s1. The Hall–Kier alpha value is -3.06. The van der Waals surface area contributed by atoms with Gasteiger partial charge in [-0.15, -0.1) is 10.2 Å². The summed E-state index contributed by atoms with van der Waals surface area (Å²) in [5, 5.41) is 20.7. The summed E-state index contributed by atoms with van der Waals surface area (Å²) in [5.74, 6) is -1.02. The highest BCUT2D eigenvalue weighted by atomic mass is 35.5. The van der Waals surface area contributed by atoms with E-state index in [0.29, 0.717) is 18.1 Å². The number of aromatic nitrogens is 2. The Bertz CT molecular complexity index is 1360. The van der Waals surface area contributed by atoms with Crippen molar-refractivity contribution in [3.8, 4) is 32.3 Å². The van der Waals surface area contributed by atoms with Gasteiger partial charge in [-0.1, -0.05) is 71.5 Å². The van der Waals surface area contributed by atoms with Crippen LogP contribution in [0.15, 0.2) is 66.7 Å². The van der Waals surface area contributed by atoms with E-state index in [0.717, 1.165) is 46.1 Å². The van der Waals surface area contributed by atoms with E-state index in [1.54, 1.807) is 11.3 Å². The molecule has 0 bridgehead atoms. The molecule has 1 saturated heterocycles. The Morgan fingerprint density at radius 2 is 1.80 bits per heavy atom. The van der Waals surface area contributed by atoms with E-state index in [9.17, 15) is 9.90 Å². The van der Waals surface area contributed by atoms with Crippen LogP contribution in [0.2, 0.25) is 5.02 Å². The Morgan fingerprint density at radius 1 is 1.03 bits per heavy atom. The lowest BCUT2D eigenvalue weighted by Gasteiger charge is -2.30. The largest absolute Gasteiger partial charge is 0.481 e. The molecule has 1 N–H and O–H groups in total. The number of benzene rings is 3. The van der Waals surface area contributed by atoms with Crippen molar-refractivity contribution in [2.45, 2.75) is 26.3 Å². The number of carboxylic acid groups (broad SMARTS) is 1. The van der Waals surface area contributed by atoms with E-state index in [4.69, 9.17) is 11.6 Å². The second-order valence-corrected chi connectivity index (χ2v) is 10.4. The summed E-state index contributed by atoms with van der Waals surface area (Å²) in [5.41, 5.74) is 6.60. The summed E-state index contributed by atoms with van der Waals surface area (Å²) in [6.45, 7) is 4.25. The van der Waals surface area contributed by atoms with Gasteiger partial charge in [-0.2, -0.15) is 0 Å². The van der Waals surface area contributed by atoms with Gasteiger partial charge in [0.1, 0.15) is 10.0 Å². The number of hydrogen-bond acceptors (Lipinski definition) is 5. The van der Waals surface area contributed by atoms with Crippen LogP contribution in [0.5, 0.6) is 0 Å². The van der Waals surface area contributed by atoms with E-state index < -0.39 is 5.97 Å². The summed E-state index contributed by atoms with van der Waals surface area (Å²) in [6.07, 6.45) is 1.64. The topological polar surface area (TPSA) is 66.3 Å². The number of carbonyl (C=O) groups is 1. The van der Waals surface area contributed by atoms with E-state index in [1.807, 2.05) is 30.3 Å². The Kier molecular flexibility index (Phi) is 6.95. The Morgan fingerprint density at radius 3 is 2.60 bits per heavy atom. The zero-order valence-electron chi connectivity index (χ0n) is 19.4. The smallest absolute Gasteiger partial charge is 0.307 e. The molecule has 0 aliphatic carbocycles. The second-order valence-electron chi connectivity index (χ2n) is 9.02. The lowest BCUT2D eigenvalue weighted by molar-refractivity contribution is -0.143. The third-order valence-electron chi connectivity index (χ3n) is 6.54. The van der Waals surface area contributed by atoms with Crippen LogP contribution in [0.4, 0.5) is 0 Å². The van der Waals surface area contributed by atoms with Gasteiger partial charge in [-0.3, -0.25) is 9.69 Å². The predicted molar refractivity (Wildman–Crippen MR) is 142 cm³/mol. The number of carboxylic acids is 1. The molecule has 2 heterocycles. The first-order valence-electron chi connectivity index (χ1n) is 11.7. The molecule has 0 unspecified atom stereocenters. The number of likely N-dealkylation sites (tertiary alicyclic amines) is 1. The zero-order chi connectivity index (χ0) is 24.4. The molecule has 3 aromatic carbocycles. The fraction of sp³-hybridized carbons (Fsp3) is 0.250. The first-order valence-corrected chi connectivity index (χ1v) is 12.9. The lowest BCUT2D eigenvalue weighted by Crippen LogP contribution is -2.38. The molecule has 7 heteroatoms. The molecular weight excluding hydrogens is 478 g/mol. The summed E-state index contributed by atoms with van der Waals surface area (Å²) in [6, 6.07) is 22.6. The van der Waals surface area contributed by atoms with Crippen LogP contribution in [-0.2, 0) is 11.3 Å². The third-order valence-corrected chi connectivity index (χ3v) is 7.76. The molecule has 1 atom stereocenters. The maximum absolute atomic E-state index is 11.4. The quantitative estimate of drug-likeness (QED) is 0.313. The molecule has 0 radical (unpaired) electrons. The minimum atomic E-state index is -0.713. The van der Waals surface area contributed by atoms with Crippen molar-refractivity contribution < 1.29 is 9.90 Å². The normalized spacial score (nSPS) is 16.3. The van der Waals surface area contributed by atoms with Gasteiger partial charge in [0.05, 0.1) is 5.92 Å². The van der Waals surface area contributed by atoms with E-state index in [-0.39, 0.29) is 5.92 Å². The SMILES string of the molecule is Cc1c(-c2ccccc2)cccc1-c1nnc(-c2cc(Cl)cc(CN3CCC[C@@H](C(=O)O)C3)c2)s1. The number of nitrogens with zero attached hydrogens (tertiary/aromatic N) is 3. The van der Waals surface area contributed by atoms with Crippen molar-refractivity contribution in [2.75, 3.05) is 13.1 Å². The van der Waals surface area contributed by atoms with Gasteiger partial charge < -0.3 is 5.11 Å². The fourth-order valence-electron chi connectivity index (χ4n) is 4.77. The van der Waals surface area contributed by atoms with Crippen LogP contribution in [0, 0.1) is 12.8 Å². The Labute approximate surface area is 214 Å². The van der Waals surface area contributed by atoms with Gasteiger partial charge in [0.15, 0.2) is 0 Å². The van der Waals surface area contributed by atoms with Crippen molar-refractivity contribution in [3.05, 3.63) is 82.9 Å². The van der Waals surface area contributed by atoms with Gasteiger partial charge in [-0.25, -0.2) is 0 Å². The predicted octanol–water partition coefficient (Wildman–Crippen LogP) is 6.80. The van der Waals surface area contributed by atoms with Crippen LogP contribution in [-0.4, -0.2) is 39.3 Å². The molecule has 5 nitrogen and oxygen atoms in total. The van der Waals surface area contributed by atoms with E-state index in [2.05, 4.69) is 58.4 Å². The summed E-state index contributed by atoms with van der Waals surface area (Å²) in [4.78, 5) is 13.6. The first kappa shape index (κ1) is 23.7. The number of aliphatic carboxylic acids is 1. The highest BCUT2D eigenvalue weighted by molar-refractivity contribution is 7.18. The van der Waals surface area contributed by atoms with E-state index >= 15 is 0 Å². The van der Waals surface area contributed by atoms with Crippen LogP contribution in [0.1, 0.15) is 24.0 Å². The van der Waals surface area contributed by atoms with Crippen molar-refractivity contribution in [1.82, 2.24) is 15.1 Å². The van der Waals surface area contributed by atoms with Crippen LogP contribution >= 0.6 is 22.9 Å². The monoisotopic (exact) mass is 503 g/mol. The van der Waals surface area contributed by atoms with Gasteiger partial charge in [0, 0.05) is 29.2 Å². The van der Waals surface area contributed by atoms with Gasteiger partial charge in [0.2, 0.25) is 0 Å². The minimum Gasteiger partial charge on any atom is -0.481 e. The van der Waals surface area contributed by atoms with Crippen molar-refractivity contribution >= 4 is 28.9 Å². The fourth-order valence-corrected chi connectivity index (χ4v) is 5.94. The molecule has 1 aromatic heterocycles. The summed E-state index contributed by atoms with van der Waals surface area (Å²) in [7, 11) is 0. The van der Waals surface area contributed by atoms with Crippen molar-refractivity contribution in [2.24, 2.45) is 5.92 Å². The zero-order valence-corrected chi connectivity index (χ0v) is 21.0. The molecule has 5 rings (SSSR count). The highest BCUT2D eigenvalue weighted by Crippen LogP contribution is 2.36. The van der Waals surface area contributed by atoms with E-state index in [1.165, 1.54) is 16.7 Å². The van der Waals surface area contributed by atoms with Crippen molar-refractivity contribution in [3.63, 3.8) is 0 Å². The van der Waals surface area contributed by atoms with Gasteiger partial charge in [-0.05, 0) is 66.8 Å². The molecular formula is C28H26ClN3O2S. The average Bonchev–Trinajstić information content (AvgIpc) is 3.35. The second kappa shape index (κ2) is 10.3. The summed E-state index contributed by atoms with van der Waals surface area (Å²) < 4.78 is 0. The maximum atomic E-state index is 11.4. The van der Waals surface area contributed by atoms with Gasteiger partial charge >= 0.3 is 5.97 Å². The molecule has 35 heavy (non-hydrogen) atoms. The highest BCUT2D eigenvalue weighted by Gasteiger charge is 2.25. The molecule has 178 valence electrons. The average molecular weight is 504 g/mol. The number of halogens is 1. The number of piperidine rings is 1. The lowest BCUT2D eigenvalue weighted by atomic mass is 9.97. The molecule has 0 saturated carbocycles. The molecule has 0 spiro atoms. The van der Waals surface area contributed by atoms with Crippen LogP contribution in [0.3, 0.4) is 0 Å². The minimum absolute atomic E-state index is 0.303. The summed E-state index contributed by atoms with van der Waals surface area (Å²) >= 11 is 8.03. The molecule has 4 aromatic rings. The van der Waals surface area contributed by atoms with Crippen LogP contribution < -0.4 is 0 Å². The molecule has 1 aliphatic rings. The first-order chi connectivity index (χ1) is 17.0. The molecule has 1 fully saturated rings. The van der Waals surface area contributed by atoms with Crippen LogP contribution in [0.25, 0.3) is 32.3 Å². The molecule has 1 aliphatic heterocycles. The third kappa shape index (κ3) is 5.30. The van der Waals surface area contributed by atoms with Gasteiger partial charge in [0.25, 0.3) is 0 Å². The number of rotatable bonds is 6. The molecule has 0 amide bonds.